The first-order valence-corrected chi connectivity index (χ1v) is 16.4. The minimum Gasteiger partial charge on any atom is -0.475 e. The molecule has 6 rings (SSSR count). The monoisotopic (exact) mass is 612 g/mol. The van der Waals surface area contributed by atoms with E-state index in [0.29, 0.717) is 49.2 Å². The highest BCUT2D eigenvalue weighted by Crippen LogP contribution is 2.53. The fourth-order valence-corrected chi connectivity index (χ4v) is 7.08. The summed E-state index contributed by atoms with van der Waals surface area (Å²) in [6.07, 6.45) is 4.89. The van der Waals surface area contributed by atoms with Crippen molar-refractivity contribution >= 4 is 38.1 Å². The van der Waals surface area contributed by atoms with Gasteiger partial charge in [-0.2, -0.15) is 0 Å². The summed E-state index contributed by atoms with van der Waals surface area (Å²) in [5.74, 6) is -0.264. The van der Waals surface area contributed by atoms with Gasteiger partial charge in [-0.1, -0.05) is 13.8 Å². The Labute approximate surface area is 250 Å². The topological polar surface area (TPSA) is 126 Å². The minimum atomic E-state index is -3.68. The predicted octanol–water partition coefficient (Wildman–Crippen LogP) is 2.55. The Kier molecular flexibility index (Phi) is 7.78. The van der Waals surface area contributed by atoms with Gasteiger partial charge in [0.25, 0.3) is 0 Å². The Hall–Kier alpha value is -3.39. The van der Waals surface area contributed by atoms with Crippen LogP contribution in [0.4, 0.5) is 15.8 Å². The molecule has 43 heavy (non-hydrogen) atoms. The zero-order valence-corrected chi connectivity index (χ0v) is 25.6. The number of carbonyl (C=O) groups is 1. The van der Waals surface area contributed by atoms with E-state index in [1.54, 1.807) is 12.3 Å². The molecule has 2 atom stereocenters. The smallest absolute Gasteiger partial charge is 0.238 e. The predicted molar refractivity (Wildman–Crippen MR) is 163 cm³/mol. The normalized spacial score (nSPS) is 22.3. The van der Waals surface area contributed by atoms with E-state index in [2.05, 4.69) is 24.9 Å². The highest BCUT2D eigenvalue weighted by atomic mass is 32.2. The molecule has 4 heterocycles. The van der Waals surface area contributed by atoms with E-state index in [1.807, 2.05) is 25.8 Å². The number of likely N-dealkylation sites (N-methyl/N-ethyl adjacent to an activating group) is 1. The van der Waals surface area contributed by atoms with Crippen LogP contribution in [0.25, 0.3) is 22.0 Å². The number of sulfonamides is 1. The van der Waals surface area contributed by atoms with E-state index < -0.39 is 21.3 Å². The third kappa shape index (κ3) is 5.54. The number of halogens is 1. The summed E-state index contributed by atoms with van der Waals surface area (Å²) in [7, 11) is -1.73. The number of Topliss-reactive ketones (excluding diaryl/α,β-unsaturated/α-hetero) is 1. The summed E-state index contributed by atoms with van der Waals surface area (Å²) in [6, 6.07) is 4.69. The van der Waals surface area contributed by atoms with Crippen LogP contribution < -0.4 is 19.7 Å². The molecule has 1 saturated heterocycles. The number of rotatable bonds is 9. The lowest BCUT2D eigenvalue weighted by Crippen LogP contribution is -2.65. The van der Waals surface area contributed by atoms with Gasteiger partial charge in [-0.25, -0.2) is 17.8 Å². The summed E-state index contributed by atoms with van der Waals surface area (Å²) in [6.45, 7) is 8.05. The molecule has 3 aromatic rings. The van der Waals surface area contributed by atoms with E-state index in [0.717, 1.165) is 30.6 Å². The van der Waals surface area contributed by atoms with Crippen LogP contribution in [-0.2, 0) is 25.0 Å². The van der Waals surface area contributed by atoms with Gasteiger partial charge in [-0.3, -0.25) is 19.4 Å². The first-order valence-electron chi connectivity index (χ1n) is 14.5. The van der Waals surface area contributed by atoms with Crippen molar-refractivity contribution in [3.05, 3.63) is 42.0 Å². The number of nitrogens with zero attached hydrogens (tertiary/aromatic N) is 4. The molecule has 1 aromatic carbocycles. The van der Waals surface area contributed by atoms with Crippen LogP contribution in [0.15, 0.2) is 30.6 Å². The second-order valence-electron chi connectivity index (χ2n) is 11.9. The second kappa shape index (κ2) is 11.3. The number of pyridine rings is 2. The molecular formula is C30H37FN6O5S. The van der Waals surface area contributed by atoms with E-state index in [4.69, 9.17) is 9.47 Å². The highest BCUT2D eigenvalue weighted by Gasteiger charge is 2.61. The third-order valence-electron chi connectivity index (χ3n) is 8.49. The van der Waals surface area contributed by atoms with Crippen molar-refractivity contribution in [2.45, 2.75) is 37.8 Å². The Balaban J connectivity index is 1.39. The number of benzene rings is 1. The summed E-state index contributed by atoms with van der Waals surface area (Å²) in [5, 5.41) is 3.93. The summed E-state index contributed by atoms with van der Waals surface area (Å²) >= 11 is 0. The molecule has 13 heteroatoms. The molecule has 3 aliphatic rings. The molecule has 0 bridgehead atoms. The largest absolute Gasteiger partial charge is 0.475 e. The van der Waals surface area contributed by atoms with Crippen molar-refractivity contribution in [2.75, 3.05) is 68.9 Å². The third-order valence-corrected chi connectivity index (χ3v) is 9.08. The fourth-order valence-electron chi connectivity index (χ4n) is 6.53. The van der Waals surface area contributed by atoms with Gasteiger partial charge >= 0.3 is 0 Å². The zero-order chi connectivity index (χ0) is 30.5. The number of carbonyl (C=O) groups excluding carboxylic acids is 1. The molecule has 1 aliphatic carbocycles. The van der Waals surface area contributed by atoms with Crippen LogP contribution in [0, 0.1) is 5.82 Å². The molecule has 2 aliphatic heterocycles. The molecule has 1 saturated carbocycles. The van der Waals surface area contributed by atoms with Gasteiger partial charge in [0.05, 0.1) is 48.3 Å². The zero-order valence-electron chi connectivity index (χ0n) is 24.8. The van der Waals surface area contributed by atoms with Gasteiger partial charge in [0.2, 0.25) is 15.9 Å². The molecule has 230 valence electrons. The molecule has 2 aromatic heterocycles. The Morgan fingerprint density at radius 2 is 1.95 bits per heavy atom. The average Bonchev–Trinajstić information content (AvgIpc) is 3.27. The standard InChI is InChI=1S/C30H37FN6O5S/c1-18(2)32-5-8-42-29-24(35-43(4,39)40)11-19(15-34-29)20-12-21-23(13-22(20)31)33-16-26-27(21)30(17-36(26)3)14-25(28(30)38)37-6-9-41-10-7-37/h11-13,15-16,18,25,32,35H,5-10,14,17H2,1-4H3. The minimum absolute atomic E-state index is 0.0956. The summed E-state index contributed by atoms with van der Waals surface area (Å²) < 4.78 is 53.7. The van der Waals surface area contributed by atoms with Crippen molar-refractivity contribution in [1.82, 2.24) is 20.2 Å². The highest BCUT2D eigenvalue weighted by molar-refractivity contribution is 7.92. The van der Waals surface area contributed by atoms with Crippen LogP contribution in [0.5, 0.6) is 5.88 Å². The number of hydrogen-bond acceptors (Lipinski definition) is 10. The van der Waals surface area contributed by atoms with Crippen LogP contribution in [0.3, 0.4) is 0 Å². The molecule has 2 fully saturated rings. The average molecular weight is 613 g/mol. The number of fused-ring (bicyclic) bond motifs is 4. The van der Waals surface area contributed by atoms with Crippen molar-refractivity contribution in [1.29, 1.82) is 0 Å². The van der Waals surface area contributed by atoms with E-state index >= 15 is 4.39 Å². The van der Waals surface area contributed by atoms with Crippen LogP contribution >= 0.6 is 0 Å². The van der Waals surface area contributed by atoms with Gasteiger partial charge in [0.15, 0.2) is 5.78 Å². The fraction of sp³-hybridized carbons (Fsp3) is 0.500. The number of ether oxygens (including phenoxy) is 2. The molecule has 11 nitrogen and oxygen atoms in total. The Morgan fingerprint density at radius 1 is 1.19 bits per heavy atom. The number of hydrogen-bond donors (Lipinski definition) is 2. The maximum Gasteiger partial charge on any atom is 0.238 e. The van der Waals surface area contributed by atoms with Crippen LogP contribution in [0.1, 0.15) is 25.8 Å². The molecule has 0 amide bonds. The first kappa shape index (κ1) is 29.7. The first-order chi connectivity index (χ1) is 20.5. The maximum atomic E-state index is 15.7. The van der Waals surface area contributed by atoms with Gasteiger partial charge in [0.1, 0.15) is 18.1 Å². The van der Waals surface area contributed by atoms with E-state index in [9.17, 15) is 13.2 Å². The number of ketones is 1. The van der Waals surface area contributed by atoms with Crippen molar-refractivity contribution in [3.63, 3.8) is 0 Å². The lowest BCUT2D eigenvalue weighted by Gasteiger charge is -2.49. The van der Waals surface area contributed by atoms with Crippen molar-refractivity contribution in [2.24, 2.45) is 0 Å². The van der Waals surface area contributed by atoms with E-state index in [-0.39, 0.29) is 41.6 Å². The number of aromatic nitrogens is 2. The quantitative estimate of drug-likeness (QED) is 0.348. The van der Waals surface area contributed by atoms with Crippen molar-refractivity contribution < 1.29 is 27.1 Å². The Morgan fingerprint density at radius 3 is 2.65 bits per heavy atom. The van der Waals surface area contributed by atoms with Gasteiger partial charge in [0, 0.05) is 73.6 Å². The molecule has 2 N–H and O–H groups in total. The number of nitrogens with one attached hydrogen (secondary N) is 2. The number of anilines is 2. The molecule has 2 unspecified atom stereocenters. The molecule has 0 radical (unpaired) electrons. The molecule has 1 spiro atoms. The van der Waals surface area contributed by atoms with E-state index in [1.165, 1.54) is 18.3 Å². The van der Waals surface area contributed by atoms with Crippen molar-refractivity contribution in [3.8, 4) is 17.0 Å². The maximum absolute atomic E-state index is 15.7. The molecular weight excluding hydrogens is 575 g/mol. The van der Waals surface area contributed by atoms with Gasteiger partial charge < -0.3 is 19.7 Å². The lowest BCUT2D eigenvalue weighted by molar-refractivity contribution is -0.143. The number of morpholine rings is 1. The van der Waals surface area contributed by atoms with Crippen LogP contribution in [0.2, 0.25) is 0 Å². The lowest BCUT2D eigenvalue weighted by atomic mass is 9.60. The van der Waals surface area contributed by atoms with Crippen LogP contribution in [-0.4, -0.2) is 100 Å². The SMILES string of the molecule is CC(C)NCCOc1ncc(-c2cc3c4c(cnc3cc2F)N(C)CC42CC(N3CCOCC3)C2=O)cc1NS(C)(=O)=O. The Bertz CT molecular complexity index is 1680. The summed E-state index contributed by atoms with van der Waals surface area (Å²) in [4.78, 5) is 27.1. The van der Waals surface area contributed by atoms with Gasteiger partial charge in [-0.15, -0.1) is 0 Å². The van der Waals surface area contributed by atoms with Gasteiger partial charge in [-0.05, 0) is 18.6 Å². The summed E-state index contributed by atoms with van der Waals surface area (Å²) in [5.41, 5.74) is 2.18. The second-order valence-corrected chi connectivity index (χ2v) is 13.7.